The molecule has 6 heteroatoms. The summed E-state index contributed by atoms with van der Waals surface area (Å²) in [5.41, 5.74) is 2.89. The third kappa shape index (κ3) is 6.24. The van der Waals surface area contributed by atoms with Crippen molar-refractivity contribution in [2.24, 2.45) is 0 Å². The van der Waals surface area contributed by atoms with Gasteiger partial charge in [0.05, 0.1) is 6.61 Å². The van der Waals surface area contributed by atoms with Crippen LogP contribution in [0.2, 0.25) is 0 Å². The first-order valence-corrected chi connectivity index (χ1v) is 9.95. The molecule has 2 rings (SSSR count). The third-order valence-corrected chi connectivity index (χ3v) is 4.42. The largest absolute Gasteiger partial charge is 0.490 e. The molecule has 29 heavy (non-hydrogen) atoms. The average molecular weight is 399 g/mol. The van der Waals surface area contributed by atoms with Crippen LogP contribution in [-0.4, -0.2) is 31.2 Å². The highest BCUT2D eigenvalue weighted by molar-refractivity contribution is 5.96. The number of nitrogens with one attached hydrogen (secondary N) is 1. The quantitative estimate of drug-likeness (QED) is 0.607. The van der Waals surface area contributed by atoms with Gasteiger partial charge in [0.25, 0.3) is 5.91 Å². The summed E-state index contributed by atoms with van der Waals surface area (Å²) in [6.07, 6.45) is 0.651. The summed E-state index contributed by atoms with van der Waals surface area (Å²) in [5.74, 6) is 0.00633. The molecule has 156 valence electrons. The first kappa shape index (κ1) is 22.3. The van der Waals surface area contributed by atoms with E-state index in [2.05, 4.69) is 5.32 Å². The molecule has 0 spiro atoms. The molecule has 0 saturated carbocycles. The van der Waals surface area contributed by atoms with Gasteiger partial charge in [-0.25, -0.2) is 4.79 Å². The van der Waals surface area contributed by atoms with Crippen LogP contribution in [0.1, 0.15) is 38.8 Å². The smallest absolute Gasteiger partial charge is 0.344 e. The van der Waals surface area contributed by atoms with Gasteiger partial charge in [0.1, 0.15) is 0 Å². The van der Waals surface area contributed by atoms with Crippen molar-refractivity contribution in [3.63, 3.8) is 0 Å². The summed E-state index contributed by atoms with van der Waals surface area (Å²) in [5, 5.41) is 2.91. The predicted octanol–water partition coefficient (Wildman–Crippen LogP) is 4.16. The topological polar surface area (TPSA) is 73.9 Å². The fraction of sp³-hybridized carbons (Fsp3) is 0.391. The van der Waals surface area contributed by atoms with Crippen LogP contribution >= 0.6 is 0 Å². The molecule has 0 radical (unpaired) electrons. The van der Waals surface area contributed by atoms with Gasteiger partial charge in [0.15, 0.2) is 24.2 Å². The van der Waals surface area contributed by atoms with Crippen LogP contribution in [0.5, 0.6) is 11.5 Å². The highest BCUT2D eigenvalue weighted by Gasteiger charge is 2.20. The second kappa shape index (κ2) is 11.1. The molecule has 0 aromatic heterocycles. The van der Waals surface area contributed by atoms with Crippen LogP contribution in [-0.2, 0) is 27.2 Å². The SMILES string of the molecule is CCOc1ccccc1OCC(=O)O[C@H](C)C(=O)Nc1c(CC)cccc1CC. The number of hydrogen-bond acceptors (Lipinski definition) is 5. The van der Waals surface area contributed by atoms with Crippen molar-refractivity contribution in [3.8, 4) is 11.5 Å². The number of carbonyl (C=O) groups excluding carboxylic acids is 2. The normalized spacial score (nSPS) is 11.4. The van der Waals surface area contributed by atoms with Crippen molar-refractivity contribution in [2.45, 2.75) is 46.6 Å². The minimum Gasteiger partial charge on any atom is -0.490 e. The lowest BCUT2D eigenvalue weighted by Crippen LogP contribution is -2.32. The number of aryl methyl sites for hydroxylation is 2. The number of amides is 1. The van der Waals surface area contributed by atoms with E-state index in [9.17, 15) is 9.59 Å². The summed E-state index contributed by atoms with van der Waals surface area (Å²) < 4.78 is 16.2. The summed E-state index contributed by atoms with van der Waals surface area (Å²) in [6.45, 7) is 7.65. The molecule has 0 saturated heterocycles. The molecular weight excluding hydrogens is 370 g/mol. The predicted molar refractivity (Wildman–Crippen MR) is 112 cm³/mol. The summed E-state index contributed by atoms with van der Waals surface area (Å²) >= 11 is 0. The molecule has 2 aromatic rings. The molecule has 1 amide bonds. The zero-order chi connectivity index (χ0) is 21.2. The molecule has 0 aliphatic heterocycles. The molecule has 1 atom stereocenters. The molecule has 6 nitrogen and oxygen atoms in total. The summed E-state index contributed by atoms with van der Waals surface area (Å²) in [7, 11) is 0. The van der Waals surface area contributed by atoms with E-state index in [0.29, 0.717) is 18.1 Å². The summed E-state index contributed by atoms with van der Waals surface area (Å²) in [4.78, 5) is 24.7. The Bertz CT molecular complexity index is 812. The monoisotopic (exact) mass is 399 g/mol. The number of benzene rings is 2. The zero-order valence-electron chi connectivity index (χ0n) is 17.5. The lowest BCUT2D eigenvalue weighted by molar-refractivity contribution is -0.155. The van der Waals surface area contributed by atoms with E-state index in [1.807, 2.05) is 45.0 Å². The van der Waals surface area contributed by atoms with Gasteiger partial charge >= 0.3 is 5.97 Å². The number of para-hydroxylation sites is 3. The van der Waals surface area contributed by atoms with Gasteiger partial charge in [-0.1, -0.05) is 44.2 Å². The molecule has 0 aliphatic carbocycles. The maximum Gasteiger partial charge on any atom is 0.344 e. The Morgan fingerprint density at radius 1 is 0.897 bits per heavy atom. The van der Waals surface area contributed by atoms with Crippen LogP contribution in [0.4, 0.5) is 5.69 Å². The first-order valence-electron chi connectivity index (χ1n) is 9.95. The van der Waals surface area contributed by atoms with Crippen LogP contribution in [0.25, 0.3) is 0 Å². The standard InChI is InChI=1S/C23H29NO5/c1-5-17-11-10-12-18(6-2)22(17)24-23(26)16(4)29-21(25)15-28-20-14-9-8-13-19(20)27-7-3/h8-14,16H,5-7,15H2,1-4H3,(H,24,26)/t16-/m1/s1. The second-order valence-corrected chi connectivity index (χ2v) is 6.45. The van der Waals surface area contributed by atoms with Gasteiger partial charge in [0, 0.05) is 5.69 Å². The minimum absolute atomic E-state index is 0.312. The van der Waals surface area contributed by atoms with Gasteiger partial charge in [-0.3, -0.25) is 4.79 Å². The Balaban J connectivity index is 1.94. The fourth-order valence-electron chi connectivity index (χ4n) is 2.89. The van der Waals surface area contributed by atoms with Gasteiger partial charge in [-0.05, 0) is 49.9 Å². The third-order valence-electron chi connectivity index (χ3n) is 4.42. The number of rotatable bonds is 10. The van der Waals surface area contributed by atoms with E-state index in [1.165, 1.54) is 0 Å². The van der Waals surface area contributed by atoms with E-state index in [-0.39, 0.29) is 12.5 Å². The van der Waals surface area contributed by atoms with Crippen LogP contribution in [0, 0.1) is 0 Å². The van der Waals surface area contributed by atoms with Crippen LogP contribution in [0.3, 0.4) is 0 Å². The van der Waals surface area contributed by atoms with Gasteiger partial charge in [0.2, 0.25) is 0 Å². The number of carbonyl (C=O) groups is 2. The number of hydrogen-bond donors (Lipinski definition) is 1. The number of esters is 1. The Labute approximate surface area is 172 Å². The van der Waals surface area contributed by atoms with Crippen molar-refractivity contribution >= 4 is 17.6 Å². The highest BCUT2D eigenvalue weighted by Crippen LogP contribution is 2.26. The van der Waals surface area contributed by atoms with Crippen molar-refractivity contribution in [2.75, 3.05) is 18.5 Å². The second-order valence-electron chi connectivity index (χ2n) is 6.45. The molecule has 0 fully saturated rings. The molecule has 0 heterocycles. The van der Waals surface area contributed by atoms with Crippen LogP contribution in [0.15, 0.2) is 42.5 Å². The first-order chi connectivity index (χ1) is 14.0. The average Bonchev–Trinajstić information content (AvgIpc) is 2.73. The fourth-order valence-corrected chi connectivity index (χ4v) is 2.89. The van der Waals surface area contributed by atoms with Crippen molar-refractivity contribution in [1.82, 2.24) is 0 Å². The minimum atomic E-state index is -0.942. The molecule has 0 bridgehead atoms. The van der Waals surface area contributed by atoms with Gasteiger partial charge < -0.3 is 19.5 Å². The Kier molecular flexibility index (Phi) is 8.52. The van der Waals surface area contributed by atoms with E-state index < -0.39 is 12.1 Å². The lowest BCUT2D eigenvalue weighted by atomic mass is 10.0. The van der Waals surface area contributed by atoms with Crippen molar-refractivity contribution in [3.05, 3.63) is 53.6 Å². The van der Waals surface area contributed by atoms with Gasteiger partial charge in [-0.15, -0.1) is 0 Å². The van der Waals surface area contributed by atoms with Gasteiger partial charge in [-0.2, -0.15) is 0 Å². The molecular formula is C23H29NO5. The highest BCUT2D eigenvalue weighted by atomic mass is 16.6. The molecule has 0 aliphatic rings. The zero-order valence-corrected chi connectivity index (χ0v) is 17.5. The van der Waals surface area contributed by atoms with E-state index in [4.69, 9.17) is 14.2 Å². The molecule has 2 aromatic carbocycles. The lowest BCUT2D eigenvalue weighted by Gasteiger charge is -2.18. The molecule has 0 unspecified atom stereocenters. The Morgan fingerprint density at radius 2 is 1.48 bits per heavy atom. The maximum absolute atomic E-state index is 12.5. The molecule has 1 N–H and O–H groups in total. The van der Waals surface area contributed by atoms with E-state index >= 15 is 0 Å². The Morgan fingerprint density at radius 3 is 2.03 bits per heavy atom. The number of ether oxygens (including phenoxy) is 3. The van der Waals surface area contributed by atoms with Crippen molar-refractivity contribution in [1.29, 1.82) is 0 Å². The maximum atomic E-state index is 12.5. The van der Waals surface area contributed by atoms with Crippen molar-refractivity contribution < 1.29 is 23.8 Å². The Hall–Kier alpha value is -3.02. The van der Waals surface area contributed by atoms with E-state index in [0.717, 1.165) is 29.7 Å². The van der Waals surface area contributed by atoms with Crippen LogP contribution < -0.4 is 14.8 Å². The summed E-state index contributed by atoms with van der Waals surface area (Å²) in [6, 6.07) is 13.0. The number of anilines is 1. The van der Waals surface area contributed by atoms with E-state index in [1.54, 1.807) is 25.1 Å².